The van der Waals surface area contributed by atoms with Crippen LogP contribution in [-0.2, 0) is 20.7 Å². The Hall–Kier alpha value is -3.68. The minimum absolute atomic E-state index is 0.0446. The number of benzene rings is 2. The molecule has 1 N–H and O–H groups in total. The van der Waals surface area contributed by atoms with Gasteiger partial charge in [-0.25, -0.2) is 0 Å². The zero-order valence-electron chi connectivity index (χ0n) is 17.6. The third kappa shape index (κ3) is 5.09. The molecule has 3 rings (SSSR count). The molecular formula is C23H24N2O6. The van der Waals surface area contributed by atoms with Crippen LogP contribution in [0.1, 0.15) is 40.1 Å². The van der Waals surface area contributed by atoms with Crippen molar-refractivity contribution in [3.63, 3.8) is 0 Å². The number of amides is 2. The summed E-state index contributed by atoms with van der Waals surface area (Å²) in [6.07, 6.45) is -0.338. The number of ether oxygens (including phenoxy) is 2. The van der Waals surface area contributed by atoms with Gasteiger partial charge in [0.1, 0.15) is 12.3 Å². The van der Waals surface area contributed by atoms with Crippen LogP contribution in [0.3, 0.4) is 0 Å². The molecule has 0 fully saturated rings. The maximum absolute atomic E-state index is 12.7. The molecule has 31 heavy (non-hydrogen) atoms. The molecule has 1 heterocycles. The lowest BCUT2D eigenvalue weighted by molar-refractivity contribution is -0.145. The smallest absolute Gasteiger partial charge is 0.326 e. The third-order valence-corrected chi connectivity index (χ3v) is 5.06. The Morgan fingerprint density at radius 2 is 1.74 bits per heavy atom. The lowest BCUT2D eigenvalue weighted by Crippen LogP contribution is -2.34. The standard InChI is InChI=1S/C23H24N2O6/c1-14(22(28)18-6-9-20-17(12-18)10-11-25(20)15(2)26)31-21(27)13-24-23(29)16-4-7-19(30-3)8-5-16/h4-9,12,14H,10-11,13H2,1-3H3,(H,24,29). The van der Waals surface area contributed by atoms with Crippen LogP contribution in [0.4, 0.5) is 5.69 Å². The summed E-state index contributed by atoms with van der Waals surface area (Å²) < 4.78 is 10.2. The summed E-state index contributed by atoms with van der Waals surface area (Å²) in [6, 6.07) is 11.5. The number of nitrogens with one attached hydrogen (secondary N) is 1. The first-order valence-electron chi connectivity index (χ1n) is 9.87. The van der Waals surface area contributed by atoms with Crippen LogP contribution < -0.4 is 15.0 Å². The number of nitrogens with zero attached hydrogens (tertiary/aromatic N) is 1. The van der Waals surface area contributed by atoms with E-state index in [0.29, 0.717) is 29.8 Å². The Morgan fingerprint density at radius 1 is 1.06 bits per heavy atom. The van der Waals surface area contributed by atoms with Crippen molar-refractivity contribution in [2.75, 3.05) is 25.1 Å². The van der Waals surface area contributed by atoms with Gasteiger partial charge in [-0.05, 0) is 61.4 Å². The van der Waals surface area contributed by atoms with Crippen molar-refractivity contribution in [1.82, 2.24) is 5.32 Å². The number of ketones is 1. The average molecular weight is 424 g/mol. The largest absolute Gasteiger partial charge is 0.497 e. The molecule has 1 aliphatic rings. The summed E-state index contributed by atoms with van der Waals surface area (Å²) in [5.74, 6) is -0.932. The maximum Gasteiger partial charge on any atom is 0.326 e. The number of methoxy groups -OCH3 is 1. The SMILES string of the molecule is COc1ccc(C(=O)NCC(=O)OC(C)C(=O)c2ccc3c(c2)CCN3C(C)=O)cc1. The number of esters is 1. The third-order valence-electron chi connectivity index (χ3n) is 5.06. The van der Waals surface area contributed by atoms with E-state index in [2.05, 4.69) is 5.32 Å². The fraction of sp³-hybridized carbons (Fsp3) is 0.304. The van der Waals surface area contributed by atoms with Gasteiger partial charge in [0, 0.05) is 30.3 Å². The van der Waals surface area contributed by atoms with Crippen LogP contribution >= 0.6 is 0 Å². The molecule has 8 heteroatoms. The zero-order valence-corrected chi connectivity index (χ0v) is 17.6. The second-order valence-electron chi connectivity index (χ2n) is 7.17. The van der Waals surface area contributed by atoms with Gasteiger partial charge in [0.15, 0.2) is 6.10 Å². The number of rotatable bonds is 7. The van der Waals surface area contributed by atoms with E-state index in [1.165, 1.54) is 21.0 Å². The molecule has 0 radical (unpaired) electrons. The normalized spacial score (nSPS) is 13.2. The second-order valence-corrected chi connectivity index (χ2v) is 7.17. The molecule has 2 aromatic rings. The van der Waals surface area contributed by atoms with Crippen LogP contribution in [0.15, 0.2) is 42.5 Å². The molecule has 0 aromatic heterocycles. The number of hydrogen-bond acceptors (Lipinski definition) is 6. The molecule has 2 amide bonds. The van der Waals surface area contributed by atoms with Gasteiger partial charge in [-0.2, -0.15) is 0 Å². The number of anilines is 1. The van der Waals surface area contributed by atoms with Gasteiger partial charge in [-0.15, -0.1) is 0 Å². The summed E-state index contributed by atoms with van der Waals surface area (Å²) >= 11 is 0. The Kier molecular flexibility index (Phi) is 6.69. The molecule has 162 valence electrons. The number of carbonyl (C=O) groups is 4. The van der Waals surface area contributed by atoms with Crippen molar-refractivity contribution >= 4 is 29.3 Å². The fourth-order valence-electron chi connectivity index (χ4n) is 3.41. The molecule has 2 aromatic carbocycles. The van der Waals surface area contributed by atoms with E-state index in [0.717, 1.165) is 11.3 Å². The van der Waals surface area contributed by atoms with Crippen LogP contribution in [0.2, 0.25) is 0 Å². The van der Waals surface area contributed by atoms with E-state index in [1.54, 1.807) is 47.4 Å². The molecule has 0 saturated heterocycles. The Bertz CT molecular complexity index is 1020. The van der Waals surface area contributed by atoms with E-state index in [4.69, 9.17) is 9.47 Å². The molecule has 1 unspecified atom stereocenters. The maximum atomic E-state index is 12.7. The highest BCUT2D eigenvalue weighted by Gasteiger charge is 2.25. The predicted molar refractivity (Wildman–Crippen MR) is 113 cm³/mol. The summed E-state index contributed by atoms with van der Waals surface area (Å²) in [6.45, 7) is 3.21. The topological polar surface area (TPSA) is 102 Å². The van der Waals surface area contributed by atoms with E-state index in [-0.39, 0.29) is 18.2 Å². The Morgan fingerprint density at radius 3 is 2.39 bits per heavy atom. The van der Waals surface area contributed by atoms with Gasteiger partial charge in [0.2, 0.25) is 11.7 Å². The van der Waals surface area contributed by atoms with Crippen molar-refractivity contribution in [3.05, 3.63) is 59.2 Å². The lowest BCUT2D eigenvalue weighted by atomic mass is 10.0. The van der Waals surface area contributed by atoms with E-state index < -0.39 is 18.0 Å². The van der Waals surface area contributed by atoms with E-state index in [9.17, 15) is 19.2 Å². The first kappa shape index (κ1) is 22.0. The van der Waals surface area contributed by atoms with Gasteiger partial charge >= 0.3 is 5.97 Å². The van der Waals surface area contributed by atoms with Crippen LogP contribution in [-0.4, -0.2) is 49.9 Å². The molecule has 1 aliphatic heterocycles. The van der Waals surface area contributed by atoms with Gasteiger partial charge < -0.3 is 19.7 Å². The highest BCUT2D eigenvalue weighted by atomic mass is 16.5. The first-order valence-corrected chi connectivity index (χ1v) is 9.87. The molecule has 0 bridgehead atoms. The molecule has 1 atom stereocenters. The van der Waals surface area contributed by atoms with Crippen LogP contribution in [0.5, 0.6) is 5.75 Å². The number of fused-ring (bicyclic) bond motifs is 1. The monoisotopic (exact) mass is 424 g/mol. The van der Waals surface area contributed by atoms with Crippen molar-refractivity contribution in [2.24, 2.45) is 0 Å². The first-order chi connectivity index (χ1) is 14.8. The fourth-order valence-corrected chi connectivity index (χ4v) is 3.41. The quantitative estimate of drug-likeness (QED) is 0.540. The predicted octanol–water partition coefficient (Wildman–Crippen LogP) is 2.15. The summed E-state index contributed by atoms with van der Waals surface area (Å²) in [7, 11) is 1.52. The van der Waals surface area contributed by atoms with Crippen LogP contribution in [0, 0.1) is 0 Å². The Balaban J connectivity index is 1.54. The van der Waals surface area contributed by atoms with E-state index in [1.807, 2.05) is 0 Å². The van der Waals surface area contributed by atoms with Crippen molar-refractivity contribution < 1.29 is 28.7 Å². The van der Waals surface area contributed by atoms with E-state index >= 15 is 0 Å². The van der Waals surface area contributed by atoms with Gasteiger partial charge in [0.25, 0.3) is 5.91 Å². The molecular weight excluding hydrogens is 400 g/mol. The molecule has 0 saturated carbocycles. The highest BCUT2D eigenvalue weighted by molar-refractivity contribution is 6.02. The lowest BCUT2D eigenvalue weighted by Gasteiger charge is -2.16. The van der Waals surface area contributed by atoms with Crippen molar-refractivity contribution in [2.45, 2.75) is 26.4 Å². The average Bonchev–Trinajstić information content (AvgIpc) is 3.20. The minimum atomic E-state index is -1.01. The van der Waals surface area contributed by atoms with Crippen molar-refractivity contribution in [1.29, 1.82) is 0 Å². The Labute approximate surface area is 180 Å². The van der Waals surface area contributed by atoms with Crippen molar-refractivity contribution in [3.8, 4) is 5.75 Å². The van der Waals surface area contributed by atoms with Gasteiger partial charge in [0.05, 0.1) is 7.11 Å². The number of hydrogen-bond donors (Lipinski definition) is 1. The molecule has 8 nitrogen and oxygen atoms in total. The van der Waals surface area contributed by atoms with Crippen LogP contribution in [0.25, 0.3) is 0 Å². The summed E-state index contributed by atoms with van der Waals surface area (Å²) in [5.41, 5.74) is 2.49. The molecule has 0 spiro atoms. The summed E-state index contributed by atoms with van der Waals surface area (Å²) in [5, 5.41) is 2.47. The van der Waals surface area contributed by atoms with Gasteiger partial charge in [-0.3, -0.25) is 19.2 Å². The minimum Gasteiger partial charge on any atom is -0.497 e. The van der Waals surface area contributed by atoms with Gasteiger partial charge in [-0.1, -0.05) is 0 Å². The molecule has 0 aliphatic carbocycles. The second kappa shape index (κ2) is 9.42. The highest BCUT2D eigenvalue weighted by Crippen LogP contribution is 2.29. The number of Topliss-reactive ketones (excluding diaryl/α,β-unsaturated/α-hetero) is 1. The summed E-state index contributed by atoms with van der Waals surface area (Å²) in [4.78, 5) is 50.2. The number of carbonyl (C=O) groups excluding carboxylic acids is 4. The zero-order chi connectivity index (χ0) is 22.5.